The minimum absolute atomic E-state index is 0.0834. The summed E-state index contributed by atoms with van der Waals surface area (Å²) in [4.78, 5) is 9.82. The highest BCUT2D eigenvalue weighted by molar-refractivity contribution is 7.91. The number of nitro benzene ring substituents is 1. The van der Waals surface area contributed by atoms with Crippen LogP contribution >= 0.6 is 24.2 Å². The Labute approximate surface area is 209 Å². The molecule has 0 bridgehead atoms. The average Bonchev–Trinajstić information content (AvgIpc) is 2.77. The zero-order valence-corrected chi connectivity index (χ0v) is 22.3. The molecule has 0 atom stereocenters. The number of aryl methyl sites for hydroxylation is 1. The molecule has 2 aromatic carbocycles. The van der Waals surface area contributed by atoms with Crippen LogP contribution in [-0.4, -0.2) is 51.8 Å². The number of benzene rings is 2. The first-order valence-corrected chi connectivity index (χ1v) is 14.0. The van der Waals surface area contributed by atoms with Gasteiger partial charge in [0.1, 0.15) is 4.90 Å². The Kier molecular flexibility index (Phi) is 8.75. The van der Waals surface area contributed by atoms with Crippen LogP contribution in [0, 0.1) is 17.0 Å². The quantitative estimate of drug-likeness (QED) is 0.128. The minimum atomic E-state index is -4.41. The molecule has 0 amide bonds. The summed E-state index contributed by atoms with van der Waals surface area (Å²) in [5, 5.41) is 11.2. The van der Waals surface area contributed by atoms with Gasteiger partial charge >= 0.3 is 5.96 Å². The Bertz CT molecular complexity index is 1310. The van der Waals surface area contributed by atoms with Crippen molar-refractivity contribution in [2.24, 2.45) is 4.40 Å². The Balaban J connectivity index is 2.68. The van der Waals surface area contributed by atoms with Crippen LogP contribution in [0.4, 0.5) is 5.69 Å². The van der Waals surface area contributed by atoms with Crippen molar-refractivity contribution < 1.29 is 26.2 Å². The lowest BCUT2D eigenvalue weighted by Gasteiger charge is -2.35. The molecule has 0 saturated carbocycles. The van der Waals surface area contributed by atoms with Gasteiger partial charge in [0.25, 0.3) is 25.7 Å². The van der Waals surface area contributed by atoms with Crippen molar-refractivity contribution in [2.45, 2.75) is 42.4 Å². The summed E-state index contributed by atoms with van der Waals surface area (Å²) in [6.07, 6.45) is 0. The molecular formula is C20H26ClN4O6S3+. The van der Waals surface area contributed by atoms with Crippen molar-refractivity contribution in [3.63, 3.8) is 0 Å². The highest BCUT2D eigenvalue weighted by atomic mass is 35.5. The molecule has 0 aliphatic rings. The largest absolute Gasteiger partial charge is 0.327 e. The maximum atomic E-state index is 13.3. The van der Waals surface area contributed by atoms with Gasteiger partial charge in [-0.3, -0.25) is 14.6 Å². The second kappa shape index (κ2) is 10.6. The highest BCUT2D eigenvalue weighted by Gasteiger charge is 2.36. The van der Waals surface area contributed by atoms with Gasteiger partial charge in [-0.15, -0.1) is 12.6 Å². The molecule has 0 aliphatic carbocycles. The lowest BCUT2D eigenvalue weighted by Crippen LogP contribution is -2.59. The van der Waals surface area contributed by atoms with Crippen LogP contribution in [0.5, 0.6) is 0 Å². The molecule has 186 valence electrons. The summed E-state index contributed by atoms with van der Waals surface area (Å²) >= 11 is 10.3. The SMILES string of the molecule is CC[N+](CC)(CC)C(=NS(=O)(=O)c1ccc([N+](=O)[O-])cc1)NS(=O)(=O)c1cc(C)c(Cl)cc1S. The van der Waals surface area contributed by atoms with Crippen LogP contribution in [-0.2, 0) is 20.0 Å². The zero-order valence-electron chi connectivity index (χ0n) is 19.0. The zero-order chi connectivity index (χ0) is 25.9. The lowest BCUT2D eigenvalue weighted by atomic mass is 10.2. The van der Waals surface area contributed by atoms with Crippen LogP contribution in [0.2, 0.25) is 5.02 Å². The molecule has 10 nitrogen and oxygen atoms in total. The molecule has 2 aromatic rings. The van der Waals surface area contributed by atoms with E-state index in [0.717, 1.165) is 24.3 Å². The number of hydrogen-bond acceptors (Lipinski definition) is 7. The molecule has 0 spiro atoms. The number of quaternary nitrogens is 1. The fraction of sp³-hybridized carbons (Fsp3) is 0.350. The molecule has 0 unspecified atom stereocenters. The number of nitro groups is 1. The highest BCUT2D eigenvalue weighted by Crippen LogP contribution is 2.27. The molecule has 0 heterocycles. The van der Waals surface area contributed by atoms with Crippen molar-refractivity contribution in [3.8, 4) is 0 Å². The normalized spacial score (nSPS) is 13.1. The molecular weight excluding hydrogens is 524 g/mol. The van der Waals surface area contributed by atoms with Gasteiger partial charge in [-0.05, 0) is 57.5 Å². The summed E-state index contributed by atoms with van der Waals surface area (Å²) in [5.41, 5.74) is 0.211. The van der Waals surface area contributed by atoms with Crippen LogP contribution < -0.4 is 4.72 Å². The van der Waals surface area contributed by atoms with Crippen LogP contribution in [0.1, 0.15) is 26.3 Å². The number of thiol groups is 1. The predicted molar refractivity (Wildman–Crippen MR) is 133 cm³/mol. The van der Waals surface area contributed by atoms with Gasteiger partial charge in [-0.2, -0.15) is 8.42 Å². The molecule has 2 rings (SSSR count). The third-order valence-corrected chi connectivity index (χ3v) is 9.15. The first-order valence-electron chi connectivity index (χ1n) is 10.2. The van der Waals surface area contributed by atoms with Gasteiger partial charge in [0, 0.05) is 22.1 Å². The molecule has 14 heteroatoms. The standard InChI is InChI=1S/C20H25ClN4O6S3/c1-5-25(6-2,7-3)20(22-33(28,29)16-10-8-15(9-11-16)24(26)27)23-34(30,31)19-12-14(4)17(21)13-18(19)32/h8-13H,5-7H2,1-4H3,(H-,22,23,32)/p+1. The Hall–Kier alpha value is -2.19. The molecule has 0 saturated heterocycles. The Morgan fingerprint density at radius 2 is 1.62 bits per heavy atom. The second-order valence-corrected chi connectivity index (χ2v) is 11.6. The molecule has 0 aliphatic heterocycles. The van der Waals surface area contributed by atoms with E-state index in [9.17, 15) is 26.9 Å². The molecule has 0 aromatic heterocycles. The maximum absolute atomic E-state index is 13.3. The number of nitrogens with one attached hydrogen (secondary N) is 1. The van der Waals surface area contributed by atoms with Gasteiger partial charge in [-0.25, -0.2) is 13.1 Å². The number of nitrogens with zero attached hydrogens (tertiary/aromatic N) is 3. The third kappa shape index (κ3) is 5.89. The second-order valence-electron chi connectivity index (χ2n) is 7.41. The topological polar surface area (TPSA) is 136 Å². The van der Waals surface area contributed by atoms with E-state index in [1.807, 2.05) is 0 Å². The summed E-state index contributed by atoms with van der Waals surface area (Å²) < 4.78 is 58.9. The number of rotatable bonds is 8. The van der Waals surface area contributed by atoms with Crippen molar-refractivity contribution in [1.29, 1.82) is 0 Å². The Morgan fingerprint density at radius 1 is 1.09 bits per heavy atom. The van der Waals surface area contributed by atoms with Crippen LogP contribution in [0.25, 0.3) is 0 Å². The molecule has 34 heavy (non-hydrogen) atoms. The van der Waals surface area contributed by atoms with E-state index in [1.165, 1.54) is 12.1 Å². The monoisotopic (exact) mass is 549 g/mol. The van der Waals surface area contributed by atoms with E-state index in [-0.39, 0.29) is 30.8 Å². The summed E-state index contributed by atoms with van der Waals surface area (Å²) in [6.45, 7) is 8.02. The Morgan fingerprint density at radius 3 is 2.09 bits per heavy atom. The average molecular weight is 550 g/mol. The van der Waals surface area contributed by atoms with E-state index in [1.54, 1.807) is 27.7 Å². The summed E-state index contributed by atoms with van der Waals surface area (Å²) in [7, 11) is -8.71. The third-order valence-electron chi connectivity index (χ3n) is 5.57. The van der Waals surface area contributed by atoms with Gasteiger partial charge < -0.3 is 0 Å². The van der Waals surface area contributed by atoms with Gasteiger partial charge in [0.2, 0.25) is 0 Å². The molecule has 1 N–H and O–H groups in total. The predicted octanol–water partition coefficient (Wildman–Crippen LogP) is 3.75. The summed E-state index contributed by atoms with van der Waals surface area (Å²) in [5.74, 6) is -0.300. The number of halogens is 1. The van der Waals surface area contributed by atoms with E-state index in [0.29, 0.717) is 30.2 Å². The number of non-ortho nitro benzene ring substituents is 1. The van der Waals surface area contributed by atoms with E-state index in [4.69, 9.17) is 11.6 Å². The van der Waals surface area contributed by atoms with Crippen LogP contribution in [0.15, 0.2) is 55.5 Å². The van der Waals surface area contributed by atoms with Crippen molar-refractivity contribution in [2.75, 3.05) is 19.6 Å². The van der Waals surface area contributed by atoms with Gasteiger partial charge in [0.05, 0.1) is 29.5 Å². The van der Waals surface area contributed by atoms with E-state index < -0.39 is 25.0 Å². The van der Waals surface area contributed by atoms with Gasteiger partial charge in [-0.1, -0.05) is 16.0 Å². The number of guanidine groups is 1. The minimum Gasteiger partial charge on any atom is -0.258 e. The fourth-order valence-corrected chi connectivity index (χ4v) is 6.40. The van der Waals surface area contributed by atoms with Gasteiger partial charge in [0.15, 0.2) is 0 Å². The van der Waals surface area contributed by atoms with E-state index >= 15 is 0 Å². The van der Waals surface area contributed by atoms with Crippen molar-refractivity contribution in [1.82, 2.24) is 4.72 Å². The molecule has 0 radical (unpaired) electrons. The van der Waals surface area contributed by atoms with Crippen LogP contribution in [0.3, 0.4) is 0 Å². The fourth-order valence-electron chi connectivity index (χ4n) is 3.26. The van der Waals surface area contributed by atoms with Crippen molar-refractivity contribution >= 4 is 55.9 Å². The lowest BCUT2D eigenvalue weighted by molar-refractivity contribution is -0.837. The number of hydrogen-bond donors (Lipinski definition) is 2. The smallest absolute Gasteiger partial charge is 0.258 e. The first-order chi connectivity index (χ1) is 15.7. The van der Waals surface area contributed by atoms with E-state index in [2.05, 4.69) is 21.7 Å². The number of sulfonamides is 2. The summed E-state index contributed by atoms with van der Waals surface area (Å²) in [6, 6.07) is 6.91. The first kappa shape index (κ1) is 28.1. The molecule has 0 fully saturated rings. The van der Waals surface area contributed by atoms with Crippen molar-refractivity contribution in [3.05, 3.63) is 57.1 Å². The maximum Gasteiger partial charge on any atom is 0.327 e.